The molecule has 4 rings (SSSR count). The Morgan fingerprint density at radius 1 is 0.657 bits per heavy atom. The van der Waals surface area contributed by atoms with Gasteiger partial charge in [0.05, 0.1) is 17.4 Å². The van der Waals surface area contributed by atoms with Gasteiger partial charge in [0.15, 0.2) is 5.78 Å². The van der Waals surface area contributed by atoms with Gasteiger partial charge in [-0.25, -0.2) is 13.1 Å². The summed E-state index contributed by atoms with van der Waals surface area (Å²) in [7, 11) is -3.89. The van der Waals surface area contributed by atoms with Crippen LogP contribution >= 0.6 is 0 Å². The van der Waals surface area contributed by atoms with E-state index in [-0.39, 0.29) is 23.1 Å². The number of carbonyl (C=O) groups excluding carboxylic acids is 2. The van der Waals surface area contributed by atoms with E-state index in [0.29, 0.717) is 11.3 Å². The molecule has 0 unspecified atom stereocenters. The van der Waals surface area contributed by atoms with Crippen molar-refractivity contribution in [1.29, 1.82) is 0 Å². The number of anilines is 1. The van der Waals surface area contributed by atoms with E-state index in [2.05, 4.69) is 10.0 Å². The number of sulfonamides is 1. The van der Waals surface area contributed by atoms with Gasteiger partial charge in [-0.15, -0.1) is 0 Å². The summed E-state index contributed by atoms with van der Waals surface area (Å²) in [6.45, 7) is -0.347. The highest BCUT2D eigenvalue weighted by atomic mass is 32.2. The summed E-state index contributed by atoms with van der Waals surface area (Å²) in [5.41, 5.74) is 2.59. The first-order chi connectivity index (χ1) is 16.9. The number of Topliss-reactive ketones (excluding diaryl/α,β-unsaturated/α-hetero) is 1. The van der Waals surface area contributed by atoms with Crippen LogP contribution in [0.3, 0.4) is 0 Å². The first-order valence-corrected chi connectivity index (χ1v) is 12.5. The molecule has 0 atom stereocenters. The van der Waals surface area contributed by atoms with Crippen LogP contribution in [0.15, 0.2) is 120 Å². The lowest BCUT2D eigenvalue weighted by Gasteiger charge is -2.18. The second-order valence-corrected chi connectivity index (χ2v) is 9.65. The van der Waals surface area contributed by atoms with Crippen molar-refractivity contribution >= 4 is 27.4 Å². The molecule has 0 aliphatic rings. The van der Waals surface area contributed by atoms with Crippen molar-refractivity contribution in [3.63, 3.8) is 0 Å². The van der Waals surface area contributed by atoms with E-state index in [1.165, 1.54) is 24.3 Å². The van der Waals surface area contributed by atoms with Crippen LogP contribution in [-0.2, 0) is 14.8 Å². The summed E-state index contributed by atoms with van der Waals surface area (Å²) in [5.74, 6) is -1.08. The minimum absolute atomic E-state index is 0.000899. The third kappa shape index (κ3) is 6.09. The van der Waals surface area contributed by atoms with Gasteiger partial charge < -0.3 is 5.32 Å². The van der Waals surface area contributed by atoms with Crippen LogP contribution < -0.4 is 10.0 Å². The molecule has 0 aliphatic carbocycles. The van der Waals surface area contributed by atoms with E-state index in [9.17, 15) is 18.0 Å². The maximum Gasteiger partial charge on any atom is 0.240 e. The van der Waals surface area contributed by atoms with Crippen molar-refractivity contribution in [2.75, 3.05) is 11.9 Å². The lowest BCUT2D eigenvalue weighted by molar-refractivity contribution is -0.116. The predicted molar refractivity (Wildman–Crippen MR) is 136 cm³/mol. The van der Waals surface area contributed by atoms with Gasteiger partial charge in [0.2, 0.25) is 15.9 Å². The zero-order valence-corrected chi connectivity index (χ0v) is 19.6. The number of rotatable bonds is 9. The lowest BCUT2D eigenvalue weighted by Crippen LogP contribution is -2.29. The molecule has 2 N–H and O–H groups in total. The molecule has 4 aromatic rings. The van der Waals surface area contributed by atoms with Crippen molar-refractivity contribution < 1.29 is 18.0 Å². The summed E-state index contributed by atoms with van der Waals surface area (Å²) in [6, 6.07) is 33.2. The van der Waals surface area contributed by atoms with Crippen LogP contribution in [-0.4, -0.2) is 26.7 Å². The number of nitrogens with one attached hydrogen (secondary N) is 2. The molecule has 0 saturated carbocycles. The Bertz CT molecular complexity index is 1350. The minimum Gasteiger partial charge on any atom is -0.325 e. The van der Waals surface area contributed by atoms with Crippen LogP contribution in [0, 0.1) is 0 Å². The third-order valence-electron chi connectivity index (χ3n) is 5.48. The van der Waals surface area contributed by atoms with Crippen molar-refractivity contribution in [2.24, 2.45) is 0 Å². The van der Waals surface area contributed by atoms with Gasteiger partial charge in [-0.05, 0) is 35.4 Å². The van der Waals surface area contributed by atoms with Crippen molar-refractivity contribution in [3.05, 3.63) is 132 Å². The van der Waals surface area contributed by atoms with Crippen molar-refractivity contribution in [3.8, 4) is 0 Å². The third-order valence-corrected chi connectivity index (χ3v) is 6.90. The average molecular weight is 485 g/mol. The highest BCUT2D eigenvalue weighted by Crippen LogP contribution is 2.26. The van der Waals surface area contributed by atoms with E-state index in [0.717, 1.165) is 11.1 Å². The number of ketones is 1. The van der Waals surface area contributed by atoms with E-state index < -0.39 is 15.9 Å². The Morgan fingerprint density at radius 3 is 1.66 bits per heavy atom. The van der Waals surface area contributed by atoms with E-state index in [1.807, 2.05) is 60.7 Å². The highest BCUT2D eigenvalue weighted by molar-refractivity contribution is 7.89. The van der Waals surface area contributed by atoms with Crippen LogP contribution in [0.4, 0.5) is 5.69 Å². The van der Waals surface area contributed by atoms with Gasteiger partial charge in [-0.3, -0.25) is 9.59 Å². The molecule has 4 aromatic carbocycles. The topological polar surface area (TPSA) is 92.3 Å². The van der Waals surface area contributed by atoms with E-state index in [4.69, 9.17) is 0 Å². The second-order valence-electron chi connectivity index (χ2n) is 7.88. The Balaban J connectivity index is 1.46. The Morgan fingerprint density at radius 2 is 1.14 bits per heavy atom. The summed E-state index contributed by atoms with van der Waals surface area (Å²) in [4.78, 5) is 25.4. The van der Waals surface area contributed by atoms with Crippen LogP contribution in [0.5, 0.6) is 0 Å². The predicted octanol–water partition coefficient (Wildman–Crippen LogP) is 4.62. The Hall–Kier alpha value is -4.07. The largest absolute Gasteiger partial charge is 0.325 e. The van der Waals surface area contributed by atoms with Crippen LogP contribution in [0.1, 0.15) is 27.4 Å². The summed E-state index contributed by atoms with van der Waals surface area (Å²) in [5, 5.41) is 2.88. The zero-order valence-electron chi connectivity index (χ0n) is 18.8. The average Bonchev–Trinajstić information content (AvgIpc) is 2.89. The normalized spacial score (nSPS) is 11.2. The quantitative estimate of drug-likeness (QED) is 0.339. The molecular formula is C28H24N2O4S. The molecule has 1 amide bonds. The number of hydrogen-bond donors (Lipinski definition) is 2. The Kier molecular flexibility index (Phi) is 7.50. The molecule has 0 radical (unpaired) electrons. The summed E-state index contributed by atoms with van der Waals surface area (Å²) >= 11 is 0. The Labute approximate surface area is 204 Å². The van der Waals surface area contributed by atoms with Crippen LogP contribution in [0.2, 0.25) is 0 Å². The van der Waals surface area contributed by atoms with Gasteiger partial charge in [-0.1, -0.05) is 91.0 Å². The molecule has 0 aromatic heterocycles. The standard InChI is InChI=1S/C28H24N2O4S/c31-26(21-10-4-1-5-11-21)20-29-35(33,34)25-18-16-24(17-19-25)30-28(32)27(22-12-6-2-7-13-22)23-14-8-3-9-15-23/h1-19,27,29H,20H2,(H,30,32). The van der Waals surface area contributed by atoms with E-state index in [1.54, 1.807) is 30.3 Å². The fourth-order valence-corrected chi connectivity index (χ4v) is 4.67. The van der Waals surface area contributed by atoms with Crippen molar-refractivity contribution in [2.45, 2.75) is 10.8 Å². The van der Waals surface area contributed by atoms with Gasteiger partial charge in [-0.2, -0.15) is 0 Å². The number of benzene rings is 4. The van der Waals surface area contributed by atoms with Crippen molar-refractivity contribution in [1.82, 2.24) is 4.72 Å². The molecule has 0 saturated heterocycles. The van der Waals surface area contributed by atoms with Crippen LogP contribution in [0.25, 0.3) is 0 Å². The molecule has 7 heteroatoms. The molecule has 0 fully saturated rings. The molecule has 176 valence electrons. The molecule has 0 aliphatic heterocycles. The second kappa shape index (κ2) is 10.9. The van der Waals surface area contributed by atoms with Gasteiger partial charge >= 0.3 is 0 Å². The zero-order chi connectivity index (χ0) is 24.7. The SMILES string of the molecule is O=C(CNS(=O)(=O)c1ccc(NC(=O)C(c2ccccc2)c2ccccc2)cc1)c1ccccc1. The molecular weight excluding hydrogens is 460 g/mol. The molecule has 0 heterocycles. The molecule has 6 nitrogen and oxygen atoms in total. The fraction of sp³-hybridized carbons (Fsp3) is 0.0714. The van der Waals surface area contributed by atoms with Gasteiger partial charge in [0.1, 0.15) is 0 Å². The summed E-state index contributed by atoms with van der Waals surface area (Å²) in [6.07, 6.45) is 0. The smallest absolute Gasteiger partial charge is 0.240 e. The number of hydrogen-bond acceptors (Lipinski definition) is 4. The van der Waals surface area contributed by atoms with E-state index >= 15 is 0 Å². The van der Waals surface area contributed by atoms with Gasteiger partial charge in [0.25, 0.3) is 0 Å². The maximum atomic E-state index is 13.2. The maximum absolute atomic E-state index is 13.2. The minimum atomic E-state index is -3.89. The first-order valence-electron chi connectivity index (χ1n) is 11.0. The molecule has 0 bridgehead atoms. The molecule has 0 spiro atoms. The number of carbonyl (C=O) groups is 2. The van der Waals surface area contributed by atoms with Gasteiger partial charge in [0, 0.05) is 11.3 Å². The number of amides is 1. The highest BCUT2D eigenvalue weighted by Gasteiger charge is 2.23. The summed E-state index contributed by atoms with van der Waals surface area (Å²) < 4.78 is 27.6. The lowest BCUT2D eigenvalue weighted by atomic mass is 9.90. The monoisotopic (exact) mass is 484 g/mol. The fourth-order valence-electron chi connectivity index (χ4n) is 3.69. The molecule has 35 heavy (non-hydrogen) atoms. The first kappa shape index (κ1) is 24.1.